The zero-order valence-electron chi connectivity index (χ0n) is 11.9. The van der Waals surface area contributed by atoms with Crippen molar-refractivity contribution in [2.75, 3.05) is 12.4 Å². The molecule has 0 aliphatic heterocycles. The zero-order chi connectivity index (χ0) is 14.8. The van der Waals surface area contributed by atoms with E-state index in [9.17, 15) is 4.79 Å². The summed E-state index contributed by atoms with van der Waals surface area (Å²) < 4.78 is 6.35. The van der Waals surface area contributed by atoms with E-state index in [-0.39, 0.29) is 5.91 Å². The summed E-state index contributed by atoms with van der Waals surface area (Å²) in [7, 11) is 1.56. The number of rotatable bonds is 4. The summed E-state index contributed by atoms with van der Waals surface area (Å²) >= 11 is 3.53. The van der Waals surface area contributed by atoms with E-state index in [1.165, 1.54) is 0 Å². The lowest BCUT2D eigenvalue weighted by Gasteiger charge is -2.25. The second-order valence-electron chi connectivity index (χ2n) is 4.88. The van der Waals surface area contributed by atoms with Gasteiger partial charge in [0.1, 0.15) is 5.60 Å². The lowest BCUT2D eigenvalue weighted by Crippen LogP contribution is -2.41. The van der Waals surface area contributed by atoms with E-state index in [2.05, 4.69) is 21.2 Å². The molecule has 0 fully saturated rings. The van der Waals surface area contributed by atoms with Crippen molar-refractivity contribution in [2.24, 2.45) is 0 Å². The molecule has 0 heterocycles. The molecule has 0 aliphatic carbocycles. The maximum absolute atomic E-state index is 12.4. The van der Waals surface area contributed by atoms with Gasteiger partial charge >= 0.3 is 0 Å². The maximum atomic E-state index is 12.4. The molecule has 3 nitrogen and oxygen atoms in total. The number of anilines is 1. The monoisotopic (exact) mass is 335 g/mol. The van der Waals surface area contributed by atoms with Gasteiger partial charge in [-0.2, -0.15) is 0 Å². The Bertz CT molecular complexity index is 635. The van der Waals surface area contributed by atoms with Gasteiger partial charge < -0.3 is 10.1 Å². The molecule has 1 N–H and O–H groups in total. The molecule has 2 aromatic carbocycles. The van der Waals surface area contributed by atoms with E-state index in [1.807, 2.05) is 43.3 Å². The quantitative estimate of drug-likeness (QED) is 0.901. The number of nitrogens with one attached hydrogen (secondary N) is 1. The Morgan fingerprint density at radius 3 is 2.50 bits per heavy atom. The summed E-state index contributed by atoms with van der Waals surface area (Å²) in [6.45, 7) is 3.73. The molecule has 1 atom stereocenters. The SMILES string of the molecule is CCC(C)(OC)C(=O)Nc1ccc(Br)c2ccccc12. The highest BCUT2D eigenvalue weighted by atomic mass is 79.9. The molecule has 0 radical (unpaired) electrons. The van der Waals surface area contributed by atoms with Gasteiger partial charge in [-0.05, 0) is 30.9 Å². The Labute approximate surface area is 127 Å². The summed E-state index contributed by atoms with van der Waals surface area (Å²) in [6, 6.07) is 11.8. The van der Waals surface area contributed by atoms with E-state index in [1.54, 1.807) is 14.0 Å². The average molecular weight is 336 g/mol. The second-order valence-corrected chi connectivity index (χ2v) is 5.74. The number of methoxy groups -OCH3 is 1. The van der Waals surface area contributed by atoms with Crippen LogP contribution in [-0.4, -0.2) is 18.6 Å². The predicted molar refractivity (Wildman–Crippen MR) is 86.0 cm³/mol. The van der Waals surface area contributed by atoms with Crippen molar-refractivity contribution in [1.29, 1.82) is 0 Å². The summed E-state index contributed by atoms with van der Waals surface area (Å²) in [5.41, 5.74) is -0.0145. The number of benzene rings is 2. The number of amides is 1. The van der Waals surface area contributed by atoms with Crippen LogP contribution in [0.15, 0.2) is 40.9 Å². The van der Waals surface area contributed by atoms with Crippen molar-refractivity contribution < 1.29 is 9.53 Å². The molecule has 106 valence electrons. The largest absolute Gasteiger partial charge is 0.369 e. The van der Waals surface area contributed by atoms with E-state index < -0.39 is 5.60 Å². The van der Waals surface area contributed by atoms with Crippen LogP contribution in [0.4, 0.5) is 5.69 Å². The normalized spacial score (nSPS) is 14.0. The van der Waals surface area contributed by atoms with Gasteiger partial charge in [0.25, 0.3) is 5.91 Å². The Balaban J connectivity index is 2.40. The van der Waals surface area contributed by atoms with Crippen LogP contribution >= 0.6 is 15.9 Å². The van der Waals surface area contributed by atoms with E-state index >= 15 is 0 Å². The van der Waals surface area contributed by atoms with Crippen molar-refractivity contribution in [2.45, 2.75) is 25.9 Å². The molecule has 20 heavy (non-hydrogen) atoms. The molecule has 0 saturated carbocycles. The van der Waals surface area contributed by atoms with Crippen LogP contribution in [0.1, 0.15) is 20.3 Å². The average Bonchev–Trinajstić information content (AvgIpc) is 2.49. The molecule has 4 heteroatoms. The van der Waals surface area contributed by atoms with Crippen molar-refractivity contribution in [3.05, 3.63) is 40.9 Å². The fourth-order valence-electron chi connectivity index (χ4n) is 2.02. The van der Waals surface area contributed by atoms with Gasteiger partial charge in [-0.25, -0.2) is 0 Å². The van der Waals surface area contributed by atoms with Gasteiger partial charge in [-0.3, -0.25) is 4.79 Å². The van der Waals surface area contributed by atoms with Crippen LogP contribution < -0.4 is 5.32 Å². The molecule has 0 spiro atoms. The van der Waals surface area contributed by atoms with Gasteiger partial charge in [0.05, 0.1) is 0 Å². The highest BCUT2D eigenvalue weighted by Gasteiger charge is 2.31. The van der Waals surface area contributed by atoms with Gasteiger partial charge in [-0.1, -0.05) is 47.1 Å². The van der Waals surface area contributed by atoms with Crippen LogP contribution in [0.2, 0.25) is 0 Å². The molecular weight excluding hydrogens is 318 g/mol. The van der Waals surface area contributed by atoms with Crippen LogP contribution in [0.25, 0.3) is 10.8 Å². The number of hydrogen-bond donors (Lipinski definition) is 1. The van der Waals surface area contributed by atoms with E-state index in [0.717, 1.165) is 20.9 Å². The van der Waals surface area contributed by atoms with Crippen LogP contribution in [-0.2, 0) is 9.53 Å². The number of halogens is 1. The Hall–Kier alpha value is -1.39. The standard InChI is InChI=1S/C16H18BrNO2/c1-4-16(2,20-3)15(19)18-14-10-9-13(17)11-7-5-6-8-12(11)14/h5-10H,4H2,1-3H3,(H,18,19). The molecule has 1 amide bonds. The molecule has 0 aliphatic rings. The third kappa shape index (κ3) is 2.72. The van der Waals surface area contributed by atoms with Gasteiger partial charge in [-0.15, -0.1) is 0 Å². The first kappa shape index (κ1) is 15.0. The fraction of sp³-hybridized carbons (Fsp3) is 0.312. The fourth-order valence-corrected chi connectivity index (χ4v) is 2.50. The molecule has 0 aromatic heterocycles. The third-order valence-electron chi connectivity index (χ3n) is 3.72. The summed E-state index contributed by atoms with van der Waals surface area (Å²) in [6.07, 6.45) is 0.615. The van der Waals surface area contributed by atoms with Crippen LogP contribution in [0, 0.1) is 0 Å². The smallest absolute Gasteiger partial charge is 0.256 e. The first-order valence-electron chi connectivity index (χ1n) is 6.55. The topological polar surface area (TPSA) is 38.3 Å². The van der Waals surface area contributed by atoms with Crippen molar-refractivity contribution in [1.82, 2.24) is 0 Å². The highest BCUT2D eigenvalue weighted by molar-refractivity contribution is 9.10. The minimum absolute atomic E-state index is 0.130. The summed E-state index contributed by atoms with van der Waals surface area (Å²) in [5, 5.41) is 5.04. The van der Waals surface area contributed by atoms with E-state index in [4.69, 9.17) is 4.74 Å². The number of carbonyl (C=O) groups is 1. The third-order valence-corrected chi connectivity index (χ3v) is 4.42. The Morgan fingerprint density at radius 1 is 1.25 bits per heavy atom. The molecule has 2 rings (SSSR count). The van der Waals surface area contributed by atoms with Crippen LogP contribution in [0.3, 0.4) is 0 Å². The van der Waals surface area contributed by atoms with Gasteiger partial charge in [0, 0.05) is 22.7 Å². The molecule has 0 bridgehead atoms. The van der Waals surface area contributed by atoms with Gasteiger partial charge in [0.15, 0.2) is 0 Å². The van der Waals surface area contributed by atoms with Crippen molar-refractivity contribution in [3.8, 4) is 0 Å². The first-order valence-corrected chi connectivity index (χ1v) is 7.35. The number of fused-ring (bicyclic) bond motifs is 1. The van der Waals surface area contributed by atoms with Crippen molar-refractivity contribution >= 4 is 38.3 Å². The van der Waals surface area contributed by atoms with Crippen molar-refractivity contribution in [3.63, 3.8) is 0 Å². The maximum Gasteiger partial charge on any atom is 0.256 e. The highest BCUT2D eigenvalue weighted by Crippen LogP contribution is 2.30. The molecule has 1 unspecified atom stereocenters. The Morgan fingerprint density at radius 2 is 1.90 bits per heavy atom. The minimum Gasteiger partial charge on any atom is -0.369 e. The Kier molecular flexibility index (Phi) is 4.45. The molecule has 0 saturated heterocycles. The molecular formula is C16H18BrNO2. The lowest BCUT2D eigenvalue weighted by atomic mass is 10.0. The van der Waals surface area contributed by atoms with Crippen LogP contribution in [0.5, 0.6) is 0 Å². The zero-order valence-corrected chi connectivity index (χ0v) is 13.5. The molecule has 2 aromatic rings. The number of hydrogen-bond acceptors (Lipinski definition) is 2. The first-order chi connectivity index (χ1) is 9.51. The minimum atomic E-state index is -0.811. The number of ether oxygens (including phenoxy) is 1. The summed E-state index contributed by atoms with van der Waals surface area (Å²) in [4.78, 5) is 12.4. The second kappa shape index (κ2) is 5.94. The number of carbonyl (C=O) groups excluding carboxylic acids is 1. The van der Waals surface area contributed by atoms with E-state index in [0.29, 0.717) is 6.42 Å². The lowest BCUT2D eigenvalue weighted by molar-refractivity contribution is -0.136. The predicted octanol–water partition coefficient (Wildman–Crippen LogP) is 4.36. The van der Waals surface area contributed by atoms with Gasteiger partial charge in [0.2, 0.25) is 0 Å². The summed E-state index contributed by atoms with van der Waals surface area (Å²) in [5.74, 6) is -0.130.